The standard InChI is InChI=1S/C21H19BrFN7O/c1-12-4-5-17(30-24-7-8-25-30)18(26-12)19(31)29-9-3-6-21(29,2)20-27-15-10-13(22)14(23)11-16(15)28-20/h4-5,7-8,10-11H,3,6,9H2,1-2H3,(H,27,28)/t21-/m0/s1. The highest BCUT2D eigenvalue weighted by Gasteiger charge is 2.44. The number of hydrogen-bond donors (Lipinski definition) is 1. The third kappa shape index (κ3) is 3.21. The van der Waals surface area contributed by atoms with E-state index in [-0.39, 0.29) is 17.4 Å². The molecule has 158 valence electrons. The second-order valence-corrected chi connectivity index (χ2v) is 8.70. The van der Waals surface area contributed by atoms with Gasteiger partial charge in [-0.2, -0.15) is 10.2 Å². The SMILES string of the molecule is Cc1ccc(-n2nccn2)c(C(=O)N2CCC[C@@]2(C)c2nc3cc(F)c(Br)cc3[nH]2)n1. The van der Waals surface area contributed by atoms with E-state index in [1.165, 1.54) is 10.9 Å². The zero-order chi connectivity index (χ0) is 21.8. The number of pyridine rings is 1. The van der Waals surface area contributed by atoms with Crippen LogP contribution in [-0.2, 0) is 5.54 Å². The third-order valence-corrected chi connectivity index (χ3v) is 6.38. The Morgan fingerprint density at radius 2 is 2.00 bits per heavy atom. The summed E-state index contributed by atoms with van der Waals surface area (Å²) in [6.07, 6.45) is 4.65. The number of benzene rings is 1. The van der Waals surface area contributed by atoms with Crippen molar-refractivity contribution in [2.24, 2.45) is 0 Å². The molecule has 1 aromatic carbocycles. The second kappa shape index (κ2) is 7.23. The van der Waals surface area contributed by atoms with Crippen LogP contribution in [0.1, 0.15) is 41.8 Å². The lowest BCUT2D eigenvalue weighted by atomic mass is 9.97. The summed E-state index contributed by atoms with van der Waals surface area (Å²) in [5.74, 6) is 0.0245. The van der Waals surface area contributed by atoms with Gasteiger partial charge in [0.25, 0.3) is 5.91 Å². The van der Waals surface area contributed by atoms with Crippen LogP contribution in [0.4, 0.5) is 4.39 Å². The minimum atomic E-state index is -0.681. The molecule has 31 heavy (non-hydrogen) atoms. The monoisotopic (exact) mass is 483 g/mol. The number of aromatic nitrogens is 6. The van der Waals surface area contributed by atoms with Gasteiger partial charge in [-0.05, 0) is 60.8 Å². The fourth-order valence-electron chi connectivity index (χ4n) is 4.13. The molecule has 1 aliphatic rings. The number of aromatic amines is 1. The lowest BCUT2D eigenvalue weighted by molar-refractivity contribution is 0.0599. The molecule has 1 saturated heterocycles. The summed E-state index contributed by atoms with van der Waals surface area (Å²) in [6, 6.07) is 6.66. The molecule has 1 fully saturated rings. The van der Waals surface area contributed by atoms with Gasteiger partial charge in [-0.3, -0.25) is 4.79 Å². The van der Waals surface area contributed by atoms with Crippen molar-refractivity contribution in [3.63, 3.8) is 0 Å². The number of H-pyrrole nitrogens is 1. The fourth-order valence-corrected chi connectivity index (χ4v) is 4.47. The molecule has 8 nitrogen and oxygen atoms in total. The maximum Gasteiger partial charge on any atom is 0.275 e. The summed E-state index contributed by atoms with van der Waals surface area (Å²) < 4.78 is 14.3. The fraction of sp³-hybridized carbons (Fsp3) is 0.286. The van der Waals surface area contributed by atoms with Gasteiger partial charge in [-0.1, -0.05) is 0 Å². The molecule has 1 atom stereocenters. The number of hydrogen-bond acceptors (Lipinski definition) is 5. The molecule has 1 amide bonds. The molecular weight excluding hydrogens is 465 g/mol. The summed E-state index contributed by atoms with van der Waals surface area (Å²) in [6.45, 7) is 4.38. The summed E-state index contributed by atoms with van der Waals surface area (Å²) >= 11 is 3.21. The van der Waals surface area contributed by atoms with E-state index in [1.54, 1.807) is 29.4 Å². The zero-order valence-corrected chi connectivity index (χ0v) is 18.5. The van der Waals surface area contributed by atoms with E-state index >= 15 is 0 Å². The van der Waals surface area contributed by atoms with Crippen LogP contribution >= 0.6 is 15.9 Å². The van der Waals surface area contributed by atoms with Crippen LogP contribution in [0.3, 0.4) is 0 Å². The molecular formula is C21H19BrFN7O. The summed E-state index contributed by atoms with van der Waals surface area (Å²) in [4.78, 5) is 29.3. The maximum absolute atomic E-state index is 14.0. The van der Waals surface area contributed by atoms with E-state index in [1.807, 2.05) is 19.9 Å². The first-order valence-corrected chi connectivity index (χ1v) is 10.7. The number of nitrogens with zero attached hydrogens (tertiary/aromatic N) is 6. The summed E-state index contributed by atoms with van der Waals surface area (Å²) in [5, 5.41) is 8.32. The highest BCUT2D eigenvalue weighted by atomic mass is 79.9. The van der Waals surface area contributed by atoms with Gasteiger partial charge in [0.15, 0.2) is 5.69 Å². The molecule has 1 N–H and O–H groups in total. The maximum atomic E-state index is 14.0. The topological polar surface area (TPSA) is 92.6 Å². The molecule has 4 aromatic rings. The number of halogens is 2. The number of likely N-dealkylation sites (tertiary alicyclic amines) is 1. The van der Waals surface area contributed by atoms with E-state index in [2.05, 4.69) is 41.1 Å². The lowest BCUT2D eigenvalue weighted by Gasteiger charge is -2.33. The van der Waals surface area contributed by atoms with Crippen LogP contribution in [-0.4, -0.2) is 47.3 Å². The van der Waals surface area contributed by atoms with E-state index in [0.717, 1.165) is 18.5 Å². The second-order valence-electron chi connectivity index (χ2n) is 7.84. The minimum absolute atomic E-state index is 0.219. The van der Waals surface area contributed by atoms with Crippen molar-refractivity contribution in [1.82, 2.24) is 34.8 Å². The first kappa shape index (κ1) is 19.8. The molecule has 3 aromatic heterocycles. The Morgan fingerprint density at radius 1 is 1.23 bits per heavy atom. The molecule has 4 heterocycles. The van der Waals surface area contributed by atoms with E-state index in [9.17, 15) is 9.18 Å². The number of nitrogens with one attached hydrogen (secondary N) is 1. The predicted molar refractivity (Wildman–Crippen MR) is 115 cm³/mol. The van der Waals surface area contributed by atoms with Gasteiger partial charge in [0.1, 0.15) is 17.3 Å². The highest BCUT2D eigenvalue weighted by molar-refractivity contribution is 9.10. The summed E-state index contributed by atoms with van der Waals surface area (Å²) in [7, 11) is 0. The van der Waals surface area contributed by atoms with Crippen molar-refractivity contribution < 1.29 is 9.18 Å². The Morgan fingerprint density at radius 3 is 2.77 bits per heavy atom. The van der Waals surface area contributed by atoms with Gasteiger partial charge >= 0.3 is 0 Å². The van der Waals surface area contributed by atoms with Crippen LogP contribution in [0.2, 0.25) is 0 Å². The first-order chi connectivity index (χ1) is 14.9. The van der Waals surface area contributed by atoms with Crippen molar-refractivity contribution in [2.45, 2.75) is 32.2 Å². The average Bonchev–Trinajstić information content (AvgIpc) is 3.48. The van der Waals surface area contributed by atoms with Crippen LogP contribution < -0.4 is 0 Å². The minimum Gasteiger partial charge on any atom is -0.340 e. The first-order valence-electron chi connectivity index (χ1n) is 9.88. The van der Waals surface area contributed by atoms with E-state index in [4.69, 9.17) is 0 Å². The molecule has 0 aliphatic carbocycles. The molecule has 0 bridgehead atoms. The molecule has 0 radical (unpaired) electrons. The van der Waals surface area contributed by atoms with Crippen LogP contribution in [0, 0.1) is 12.7 Å². The Labute approximate surface area is 185 Å². The Kier molecular flexibility index (Phi) is 4.62. The molecule has 1 aliphatic heterocycles. The van der Waals surface area contributed by atoms with Crippen molar-refractivity contribution in [2.75, 3.05) is 6.54 Å². The van der Waals surface area contributed by atoms with Gasteiger partial charge in [0, 0.05) is 18.3 Å². The van der Waals surface area contributed by atoms with Gasteiger partial charge in [0.05, 0.1) is 33.4 Å². The van der Waals surface area contributed by atoms with Gasteiger partial charge in [0.2, 0.25) is 0 Å². The number of rotatable bonds is 3. The van der Waals surface area contributed by atoms with Crippen LogP contribution in [0.25, 0.3) is 16.7 Å². The van der Waals surface area contributed by atoms with Gasteiger partial charge in [-0.15, -0.1) is 4.80 Å². The smallest absolute Gasteiger partial charge is 0.275 e. The van der Waals surface area contributed by atoms with Crippen molar-refractivity contribution in [3.05, 3.63) is 64.2 Å². The quantitative estimate of drug-likeness (QED) is 0.476. The van der Waals surface area contributed by atoms with Crippen molar-refractivity contribution >= 4 is 32.9 Å². The Bertz CT molecular complexity index is 1260. The number of aryl methyl sites for hydroxylation is 1. The van der Waals surface area contributed by atoms with Crippen LogP contribution in [0.5, 0.6) is 0 Å². The highest BCUT2D eigenvalue weighted by Crippen LogP contribution is 2.39. The number of amides is 1. The Hall–Kier alpha value is -3.14. The largest absolute Gasteiger partial charge is 0.340 e. The zero-order valence-electron chi connectivity index (χ0n) is 16.9. The number of carbonyl (C=O) groups excluding carboxylic acids is 1. The molecule has 0 saturated carbocycles. The Balaban J connectivity index is 1.58. The van der Waals surface area contributed by atoms with E-state index < -0.39 is 5.54 Å². The van der Waals surface area contributed by atoms with E-state index in [0.29, 0.717) is 33.6 Å². The van der Waals surface area contributed by atoms with Gasteiger partial charge < -0.3 is 9.88 Å². The number of fused-ring (bicyclic) bond motifs is 1. The molecule has 0 unspecified atom stereocenters. The van der Waals surface area contributed by atoms with Crippen LogP contribution in [0.15, 0.2) is 41.1 Å². The lowest BCUT2D eigenvalue weighted by Crippen LogP contribution is -2.44. The average molecular weight is 484 g/mol. The summed E-state index contributed by atoms with van der Waals surface area (Å²) in [5.41, 5.74) is 2.08. The van der Waals surface area contributed by atoms with Crippen molar-refractivity contribution in [1.29, 1.82) is 0 Å². The van der Waals surface area contributed by atoms with Gasteiger partial charge in [-0.25, -0.2) is 14.4 Å². The number of imidazole rings is 1. The molecule has 5 rings (SSSR count). The normalized spacial score (nSPS) is 18.8. The third-order valence-electron chi connectivity index (χ3n) is 5.77. The molecule has 0 spiro atoms. The number of carbonyl (C=O) groups is 1. The predicted octanol–water partition coefficient (Wildman–Crippen LogP) is 3.90. The van der Waals surface area contributed by atoms with Crippen molar-refractivity contribution in [3.8, 4) is 5.69 Å². The molecule has 10 heteroatoms.